The predicted octanol–water partition coefficient (Wildman–Crippen LogP) is 2.40. The van der Waals surface area contributed by atoms with Crippen molar-refractivity contribution in [3.05, 3.63) is 30.3 Å². The number of thioether (sulfide) groups is 1. The lowest BCUT2D eigenvalue weighted by Gasteiger charge is -2.17. The molecule has 0 atom stereocenters. The number of pyridine rings is 1. The summed E-state index contributed by atoms with van der Waals surface area (Å²) in [7, 11) is 0. The number of hydrogen-bond donors (Lipinski definition) is 3. The number of nitrogens with two attached hydrogens (primary N) is 1. The van der Waals surface area contributed by atoms with Gasteiger partial charge < -0.3 is 5.73 Å². The van der Waals surface area contributed by atoms with Crippen molar-refractivity contribution in [2.45, 2.75) is 22.6 Å². The highest BCUT2D eigenvalue weighted by Crippen LogP contribution is 2.40. The van der Waals surface area contributed by atoms with Gasteiger partial charge in [-0.2, -0.15) is 5.21 Å². The maximum atomic E-state index is 12.1. The zero-order valence-corrected chi connectivity index (χ0v) is 16.7. The Morgan fingerprint density at radius 2 is 2.18 bits per heavy atom. The molecule has 3 heterocycles. The van der Waals surface area contributed by atoms with Gasteiger partial charge in [0.05, 0.1) is 5.69 Å². The van der Waals surface area contributed by atoms with Gasteiger partial charge in [0.15, 0.2) is 0 Å². The van der Waals surface area contributed by atoms with Crippen LogP contribution in [0.3, 0.4) is 0 Å². The highest BCUT2D eigenvalue weighted by atomic mass is 32.2. The number of rotatable bonds is 6. The fourth-order valence-corrected chi connectivity index (χ4v) is 4.41. The predicted molar refractivity (Wildman–Crippen MR) is 111 cm³/mol. The van der Waals surface area contributed by atoms with E-state index in [-0.39, 0.29) is 5.91 Å². The van der Waals surface area contributed by atoms with E-state index in [0.717, 1.165) is 38.8 Å². The third-order valence-corrected chi connectivity index (χ3v) is 6.15. The van der Waals surface area contributed by atoms with Crippen LogP contribution in [0, 0.1) is 0 Å². The second kappa shape index (κ2) is 8.29. The summed E-state index contributed by atoms with van der Waals surface area (Å²) in [4.78, 5) is 20.3. The quantitative estimate of drug-likeness (QED) is 0.420. The summed E-state index contributed by atoms with van der Waals surface area (Å²) >= 11 is 6.37. The number of thiol groups is 1. The van der Waals surface area contributed by atoms with Crippen LogP contribution in [0.15, 0.2) is 40.1 Å². The number of aromatic amines is 1. The van der Waals surface area contributed by atoms with Crippen molar-refractivity contribution in [1.29, 1.82) is 0 Å². The molecule has 0 saturated carbocycles. The van der Waals surface area contributed by atoms with Gasteiger partial charge in [0.1, 0.15) is 5.82 Å². The lowest BCUT2D eigenvalue weighted by atomic mass is 10.0. The number of amides is 1. The molecule has 0 aliphatic carbocycles. The Balaban J connectivity index is 1.81. The topological polar surface area (TPSA) is 114 Å². The summed E-state index contributed by atoms with van der Waals surface area (Å²) in [5.74, 6) is 1.98. The number of carbonyl (C=O) groups is 1. The van der Waals surface area contributed by atoms with Crippen LogP contribution >= 0.6 is 24.4 Å². The van der Waals surface area contributed by atoms with E-state index in [4.69, 9.17) is 23.3 Å². The molecule has 1 aliphatic rings. The van der Waals surface area contributed by atoms with Gasteiger partial charge in [-0.05, 0) is 29.8 Å². The molecular weight excluding hydrogens is 394 g/mol. The molecule has 28 heavy (non-hydrogen) atoms. The molecular formula is C18H19N7OS2. The van der Waals surface area contributed by atoms with E-state index in [1.165, 1.54) is 0 Å². The molecule has 0 spiro atoms. The first-order valence-corrected chi connectivity index (χ1v) is 10.3. The summed E-state index contributed by atoms with van der Waals surface area (Å²) in [6.45, 7) is 1.27. The molecule has 4 rings (SSSR count). The molecule has 0 unspecified atom stereocenters. The number of benzene rings is 1. The van der Waals surface area contributed by atoms with Gasteiger partial charge in [-0.1, -0.05) is 12.1 Å². The Morgan fingerprint density at radius 3 is 2.89 bits per heavy atom. The highest BCUT2D eigenvalue weighted by molar-refractivity contribution is 7.99. The van der Waals surface area contributed by atoms with Gasteiger partial charge in [-0.3, -0.25) is 9.69 Å². The first-order chi connectivity index (χ1) is 13.7. The van der Waals surface area contributed by atoms with Crippen molar-refractivity contribution in [3.8, 4) is 22.6 Å². The van der Waals surface area contributed by atoms with Gasteiger partial charge >= 0.3 is 0 Å². The fourth-order valence-electron chi connectivity index (χ4n) is 3.18. The van der Waals surface area contributed by atoms with Crippen molar-refractivity contribution in [2.24, 2.45) is 5.73 Å². The van der Waals surface area contributed by atoms with Crippen molar-refractivity contribution in [2.75, 3.05) is 23.7 Å². The Bertz CT molecular complexity index is 994. The molecule has 1 fully saturated rings. The molecule has 1 aromatic carbocycles. The maximum absolute atomic E-state index is 12.1. The average molecular weight is 414 g/mol. The van der Waals surface area contributed by atoms with Crippen molar-refractivity contribution < 1.29 is 4.79 Å². The molecule has 2 aromatic heterocycles. The summed E-state index contributed by atoms with van der Waals surface area (Å²) in [5, 5.41) is 14.5. The van der Waals surface area contributed by atoms with Crippen molar-refractivity contribution in [3.63, 3.8) is 0 Å². The molecule has 0 bridgehead atoms. The third-order valence-electron chi connectivity index (χ3n) is 4.45. The lowest BCUT2D eigenvalue weighted by Crippen LogP contribution is -2.24. The minimum atomic E-state index is 0.103. The van der Waals surface area contributed by atoms with Crippen LogP contribution in [0.4, 0.5) is 5.82 Å². The molecule has 8 nitrogen and oxygen atoms in total. The van der Waals surface area contributed by atoms with Crippen LogP contribution in [0.1, 0.15) is 12.8 Å². The normalized spacial score (nSPS) is 14.1. The van der Waals surface area contributed by atoms with Gasteiger partial charge in [0, 0.05) is 46.2 Å². The van der Waals surface area contributed by atoms with Crippen LogP contribution in [0.25, 0.3) is 22.6 Å². The Morgan fingerprint density at radius 1 is 1.29 bits per heavy atom. The molecule has 10 heteroatoms. The van der Waals surface area contributed by atoms with E-state index in [2.05, 4.69) is 20.6 Å². The Kier molecular flexibility index (Phi) is 5.60. The number of carbonyl (C=O) groups excluding carboxylic acids is 1. The number of anilines is 1. The molecule has 144 valence electrons. The molecule has 1 amide bonds. The van der Waals surface area contributed by atoms with Gasteiger partial charge in [0.2, 0.25) is 11.7 Å². The fraction of sp³-hybridized carbons (Fsp3) is 0.278. The number of H-pyrrole nitrogens is 1. The minimum absolute atomic E-state index is 0.103. The highest BCUT2D eigenvalue weighted by Gasteiger charge is 2.24. The first kappa shape index (κ1) is 18.9. The van der Waals surface area contributed by atoms with Crippen LogP contribution in [-0.4, -0.2) is 50.4 Å². The van der Waals surface area contributed by atoms with Gasteiger partial charge in [-0.15, -0.1) is 34.6 Å². The number of nitrogens with one attached hydrogen (secondary N) is 1. The van der Waals surface area contributed by atoms with E-state index in [0.29, 0.717) is 31.2 Å². The van der Waals surface area contributed by atoms with Crippen LogP contribution < -0.4 is 10.6 Å². The zero-order valence-electron chi connectivity index (χ0n) is 15.0. The zero-order chi connectivity index (χ0) is 19.5. The van der Waals surface area contributed by atoms with Crippen LogP contribution in [-0.2, 0) is 4.79 Å². The summed E-state index contributed by atoms with van der Waals surface area (Å²) < 4.78 is 0. The van der Waals surface area contributed by atoms with E-state index in [9.17, 15) is 4.79 Å². The SMILES string of the molecule is NCCSc1ccc(-c2cccc(N3CCCC3=O)n2)c(-c2nn[nH]n2)c1S. The van der Waals surface area contributed by atoms with E-state index >= 15 is 0 Å². The Hall–Kier alpha value is -2.43. The number of aromatic nitrogens is 5. The van der Waals surface area contributed by atoms with E-state index < -0.39 is 0 Å². The van der Waals surface area contributed by atoms with Gasteiger partial charge in [-0.25, -0.2) is 4.98 Å². The van der Waals surface area contributed by atoms with E-state index in [1.807, 2.05) is 30.3 Å². The second-order valence-electron chi connectivity index (χ2n) is 6.24. The number of tetrazole rings is 1. The second-order valence-corrected chi connectivity index (χ2v) is 7.82. The molecule has 1 aliphatic heterocycles. The molecule has 3 N–H and O–H groups in total. The Labute approximate surface area is 171 Å². The third kappa shape index (κ3) is 3.62. The largest absolute Gasteiger partial charge is 0.330 e. The monoisotopic (exact) mass is 413 g/mol. The van der Waals surface area contributed by atoms with Crippen LogP contribution in [0.2, 0.25) is 0 Å². The molecule has 1 saturated heterocycles. The van der Waals surface area contributed by atoms with E-state index in [1.54, 1.807) is 16.7 Å². The molecule has 3 aromatic rings. The lowest BCUT2D eigenvalue weighted by molar-refractivity contribution is -0.117. The number of nitrogens with zero attached hydrogens (tertiary/aromatic N) is 5. The standard InChI is InChI=1S/C18H19N7OS2/c19-8-10-28-13-7-6-11(16(17(13)27)18-21-23-24-22-18)12-3-1-4-14(20-12)25-9-2-5-15(25)26/h1,3-4,6-7,27H,2,5,8-10,19H2,(H,21,22,23,24). The molecule has 0 radical (unpaired) electrons. The summed E-state index contributed by atoms with van der Waals surface area (Å²) in [6, 6.07) is 9.63. The van der Waals surface area contributed by atoms with Crippen molar-refractivity contribution >= 4 is 36.1 Å². The average Bonchev–Trinajstić information content (AvgIpc) is 3.38. The summed E-state index contributed by atoms with van der Waals surface area (Å²) in [6.07, 6.45) is 1.42. The number of hydrogen-bond acceptors (Lipinski definition) is 8. The maximum Gasteiger partial charge on any atom is 0.228 e. The first-order valence-electron chi connectivity index (χ1n) is 8.89. The smallest absolute Gasteiger partial charge is 0.228 e. The minimum Gasteiger partial charge on any atom is -0.330 e. The van der Waals surface area contributed by atoms with Gasteiger partial charge in [0.25, 0.3) is 0 Å². The van der Waals surface area contributed by atoms with Crippen LogP contribution in [0.5, 0.6) is 0 Å². The summed E-state index contributed by atoms with van der Waals surface area (Å²) in [5.41, 5.74) is 7.94. The van der Waals surface area contributed by atoms with Crippen molar-refractivity contribution in [1.82, 2.24) is 25.6 Å².